The Labute approximate surface area is 116 Å². The lowest BCUT2D eigenvalue weighted by molar-refractivity contribution is 0.587. The summed E-state index contributed by atoms with van der Waals surface area (Å²) in [6, 6.07) is 4.53. The average Bonchev–Trinajstić information content (AvgIpc) is 2.72. The maximum absolute atomic E-state index is 5.74. The number of rotatable bonds is 4. The van der Waals surface area contributed by atoms with Crippen LogP contribution in [0.25, 0.3) is 11.0 Å². The molecule has 0 unspecified atom stereocenters. The standard InChI is InChI=1S/C17H25NO/c1-6-7-18-10-13-11-19-16-12(2)8-14(9-15(13)16)17(3,4)5/h8-9,11,18H,6-7,10H2,1-5H3. The quantitative estimate of drug-likeness (QED) is 0.816. The third-order valence-electron chi connectivity index (χ3n) is 3.55. The van der Waals surface area contributed by atoms with Crippen molar-refractivity contribution in [2.75, 3.05) is 6.54 Å². The molecule has 1 N–H and O–H groups in total. The van der Waals surface area contributed by atoms with Crippen molar-refractivity contribution in [3.63, 3.8) is 0 Å². The van der Waals surface area contributed by atoms with Gasteiger partial charge in [0.05, 0.1) is 6.26 Å². The highest BCUT2D eigenvalue weighted by atomic mass is 16.3. The van der Waals surface area contributed by atoms with E-state index in [1.807, 2.05) is 6.26 Å². The van der Waals surface area contributed by atoms with E-state index in [-0.39, 0.29) is 5.41 Å². The molecular formula is C17H25NO. The zero-order valence-corrected chi connectivity index (χ0v) is 12.8. The molecule has 0 aliphatic rings. The minimum atomic E-state index is 0.171. The Morgan fingerprint density at radius 1 is 1.21 bits per heavy atom. The molecule has 2 heteroatoms. The van der Waals surface area contributed by atoms with Gasteiger partial charge in [0.2, 0.25) is 0 Å². The Morgan fingerprint density at radius 3 is 2.58 bits per heavy atom. The van der Waals surface area contributed by atoms with Gasteiger partial charge < -0.3 is 9.73 Å². The first-order valence-electron chi connectivity index (χ1n) is 7.15. The molecule has 0 atom stereocenters. The molecule has 19 heavy (non-hydrogen) atoms. The molecule has 104 valence electrons. The Kier molecular flexibility index (Phi) is 4.00. The van der Waals surface area contributed by atoms with Crippen molar-refractivity contribution in [3.05, 3.63) is 35.1 Å². The highest BCUT2D eigenvalue weighted by Gasteiger charge is 2.17. The highest BCUT2D eigenvalue weighted by Crippen LogP contribution is 2.31. The summed E-state index contributed by atoms with van der Waals surface area (Å²) in [4.78, 5) is 0. The monoisotopic (exact) mass is 259 g/mol. The molecule has 0 saturated heterocycles. The van der Waals surface area contributed by atoms with Crippen LogP contribution in [0, 0.1) is 6.92 Å². The second-order valence-corrected chi connectivity index (χ2v) is 6.36. The van der Waals surface area contributed by atoms with Gasteiger partial charge in [0.1, 0.15) is 5.58 Å². The zero-order chi connectivity index (χ0) is 14.0. The Morgan fingerprint density at radius 2 is 1.95 bits per heavy atom. The van der Waals surface area contributed by atoms with Crippen molar-refractivity contribution >= 4 is 11.0 Å². The van der Waals surface area contributed by atoms with E-state index in [4.69, 9.17) is 4.42 Å². The predicted molar refractivity (Wildman–Crippen MR) is 81.6 cm³/mol. The van der Waals surface area contributed by atoms with Crippen LogP contribution in [-0.2, 0) is 12.0 Å². The summed E-state index contributed by atoms with van der Waals surface area (Å²) in [5.41, 5.74) is 5.06. The molecule has 0 fully saturated rings. The van der Waals surface area contributed by atoms with Crippen LogP contribution >= 0.6 is 0 Å². The number of fused-ring (bicyclic) bond motifs is 1. The number of furan rings is 1. The number of aryl methyl sites for hydroxylation is 1. The first kappa shape index (κ1) is 14.1. The van der Waals surface area contributed by atoms with Crippen molar-refractivity contribution in [2.24, 2.45) is 0 Å². The van der Waals surface area contributed by atoms with Gasteiger partial charge in [-0.05, 0) is 42.5 Å². The molecule has 0 radical (unpaired) electrons. The van der Waals surface area contributed by atoms with Gasteiger partial charge in [-0.25, -0.2) is 0 Å². The summed E-state index contributed by atoms with van der Waals surface area (Å²) in [5, 5.41) is 4.71. The molecule has 1 heterocycles. The first-order valence-corrected chi connectivity index (χ1v) is 7.15. The maximum atomic E-state index is 5.74. The van der Waals surface area contributed by atoms with Crippen LogP contribution in [0.4, 0.5) is 0 Å². The van der Waals surface area contributed by atoms with Crippen molar-refractivity contribution in [3.8, 4) is 0 Å². The lowest BCUT2D eigenvalue weighted by atomic mass is 9.85. The Bertz CT molecular complexity index is 560. The maximum Gasteiger partial charge on any atom is 0.137 e. The van der Waals surface area contributed by atoms with Gasteiger partial charge in [-0.1, -0.05) is 33.8 Å². The lowest BCUT2D eigenvalue weighted by Gasteiger charge is -2.20. The third-order valence-corrected chi connectivity index (χ3v) is 3.55. The summed E-state index contributed by atoms with van der Waals surface area (Å²) in [7, 11) is 0. The molecule has 1 aromatic carbocycles. The molecule has 0 saturated carbocycles. The SMILES string of the molecule is CCCNCc1coc2c(C)cc(C(C)(C)C)cc12. The van der Waals surface area contributed by atoms with Crippen LogP contribution < -0.4 is 5.32 Å². The molecule has 2 nitrogen and oxygen atoms in total. The number of hydrogen-bond acceptors (Lipinski definition) is 2. The van der Waals surface area contributed by atoms with E-state index in [2.05, 4.69) is 52.1 Å². The summed E-state index contributed by atoms with van der Waals surface area (Å²) in [6.45, 7) is 13.0. The second kappa shape index (κ2) is 5.38. The Balaban J connectivity index is 2.42. The van der Waals surface area contributed by atoms with Crippen LogP contribution in [0.3, 0.4) is 0 Å². The molecular weight excluding hydrogens is 234 g/mol. The van der Waals surface area contributed by atoms with Crippen LogP contribution in [0.15, 0.2) is 22.8 Å². The first-order chi connectivity index (χ1) is 8.93. The topological polar surface area (TPSA) is 25.2 Å². The van der Waals surface area contributed by atoms with Crippen LogP contribution in [0.1, 0.15) is 50.8 Å². The van der Waals surface area contributed by atoms with Crippen molar-refractivity contribution < 1.29 is 4.42 Å². The minimum Gasteiger partial charge on any atom is -0.464 e. The largest absolute Gasteiger partial charge is 0.464 e. The summed E-state index contributed by atoms with van der Waals surface area (Å²) >= 11 is 0. The number of hydrogen-bond donors (Lipinski definition) is 1. The van der Waals surface area contributed by atoms with Crippen molar-refractivity contribution in [2.45, 2.75) is 53.0 Å². The summed E-state index contributed by atoms with van der Waals surface area (Å²) in [5.74, 6) is 0. The fourth-order valence-corrected chi connectivity index (χ4v) is 2.33. The fourth-order valence-electron chi connectivity index (χ4n) is 2.33. The summed E-state index contributed by atoms with van der Waals surface area (Å²) < 4.78 is 5.74. The lowest BCUT2D eigenvalue weighted by Crippen LogP contribution is -2.14. The summed E-state index contributed by atoms with van der Waals surface area (Å²) in [6.07, 6.45) is 3.05. The molecule has 2 rings (SSSR count). The van der Waals surface area contributed by atoms with E-state index in [9.17, 15) is 0 Å². The van der Waals surface area contributed by atoms with Crippen molar-refractivity contribution in [1.29, 1.82) is 0 Å². The van der Waals surface area contributed by atoms with E-state index in [0.717, 1.165) is 25.1 Å². The number of nitrogens with one attached hydrogen (secondary N) is 1. The third kappa shape index (κ3) is 3.01. The Hall–Kier alpha value is -1.28. The van der Waals surface area contributed by atoms with Crippen LogP contribution in [0.2, 0.25) is 0 Å². The molecule has 2 aromatic rings. The van der Waals surface area contributed by atoms with Gasteiger partial charge in [0.25, 0.3) is 0 Å². The van der Waals surface area contributed by atoms with Crippen molar-refractivity contribution in [1.82, 2.24) is 5.32 Å². The minimum absolute atomic E-state index is 0.171. The van der Waals surface area contributed by atoms with Gasteiger partial charge in [-0.3, -0.25) is 0 Å². The average molecular weight is 259 g/mol. The van der Waals surface area contributed by atoms with E-state index in [1.54, 1.807) is 0 Å². The van der Waals surface area contributed by atoms with Gasteiger partial charge in [-0.2, -0.15) is 0 Å². The van der Waals surface area contributed by atoms with Crippen LogP contribution in [-0.4, -0.2) is 6.54 Å². The highest BCUT2D eigenvalue weighted by molar-refractivity contribution is 5.84. The van der Waals surface area contributed by atoms with Crippen LogP contribution in [0.5, 0.6) is 0 Å². The van der Waals surface area contributed by atoms with E-state index in [1.165, 1.54) is 22.1 Å². The predicted octanol–water partition coefficient (Wildman–Crippen LogP) is 4.54. The normalized spacial score (nSPS) is 12.3. The van der Waals surface area contributed by atoms with Gasteiger partial charge >= 0.3 is 0 Å². The smallest absolute Gasteiger partial charge is 0.137 e. The fraction of sp³-hybridized carbons (Fsp3) is 0.529. The molecule has 0 amide bonds. The molecule has 0 bridgehead atoms. The van der Waals surface area contributed by atoms with Gasteiger partial charge in [0.15, 0.2) is 0 Å². The zero-order valence-electron chi connectivity index (χ0n) is 12.8. The van der Waals surface area contributed by atoms with Gasteiger partial charge in [0, 0.05) is 17.5 Å². The molecule has 1 aromatic heterocycles. The number of benzene rings is 1. The molecule has 0 spiro atoms. The molecule has 0 aliphatic carbocycles. The van der Waals surface area contributed by atoms with E-state index < -0.39 is 0 Å². The van der Waals surface area contributed by atoms with Gasteiger partial charge in [-0.15, -0.1) is 0 Å². The second-order valence-electron chi connectivity index (χ2n) is 6.36. The van der Waals surface area contributed by atoms with E-state index in [0.29, 0.717) is 0 Å². The van der Waals surface area contributed by atoms with E-state index >= 15 is 0 Å². The molecule has 0 aliphatic heterocycles.